The van der Waals surface area contributed by atoms with E-state index >= 15 is 0 Å². The Hall–Kier alpha value is -2.28. The van der Waals surface area contributed by atoms with Crippen LogP contribution >= 0.6 is 0 Å². The molecule has 118 valence electrons. The van der Waals surface area contributed by atoms with Gasteiger partial charge in [-0.2, -0.15) is 13.2 Å². The quantitative estimate of drug-likeness (QED) is 0.912. The number of hydrogen-bond donors (Lipinski definition) is 2. The van der Waals surface area contributed by atoms with Gasteiger partial charge in [0.15, 0.2) is 0 Å². The summed E-state index contributed by atoms with van der Waals surface area (Å²) in [7, 11) is 0. The van der Waals surface area contributed by atoms with E-state index in [0.29, 0.717) is 5.76 Å². The number of aliphatic hydroxyl groups is 1. The van der Waals surface area contributed by atoms with Crippen LogP contribution in [0.5, 0.6) is 0 Å². The predicted molar refractivity (Wildman–Crippen MR) is 72.2 cm³/mol. The van der Waals surface area contributed by atoms with E-state index in [2.05, 4.69) is 5.32 Å². The van der Waals surface area contributed by atoms with Crippen LogP contribution in [-0.2, 0) is 6.18 Å². The lowest BCUT2D eigenvalue weighted by Crippen LogP contribution is -2.29. The van der Waals surface area contributed by atoms with Gasteiger partial charge in [0.05, 0.1) is 23.5 Å². The number of aryl methyl sites for hydroxylation is 1. The standard InChI is InChI=1S/C15H14F3NO3/c1-9-10(6-7-22-9)14(21)19-8-13(20)11-4-2-3-5-12(11)15(16,17)18/h2-7,13,20H,8H2,1H3,(H,19,21). The molecule has 1 unspecified atom stereocenters. The summed E-state index contributed by atoms with van der Waals surface area (Å²) in [5, 5.41) is 12.3. The molecule has 0 aliphatic carbocycles. The number of hydrogen-bond acceptors (Lipinski definition) is 3. The molecule has 0 saturated carbocycles. The molecule has 1 aromatic heterocycles. The third-order valence-corrected chi connectivity index (χ3v) is 3.18. The number of rotatable bonds is 4. The zero-order chi connectivity index (χ0) is 16.3. The average molecular weight is 313 g/mol. The van der Waals surface area contributed by atoms with Crippen LogP contribution in [0.1, 0.15) is 33.3 Å². The van der Waals surface area contributed by atoms with Gasteiger partial charge in [-0.15, -0.1) is 0 Å². The minimum atomic E-state index is -4.57. The Bertz CT molecular complexity index is 664. The zero-order valence-corrected chi connectivity index (χ0v) is 11.6. The number of halogens is 3. The number of carbonyl (C=O) groups excluding carboxylic acids is 1. The van der Waals surface area contributed by atoms with Crippen molar-refractivity contribution in [2.24, 2.45) is 0 Å². The van der Waals surface area contributed by atoms with Crippen LogP contribution in [0.3, 0.4) is 0 Å². The number of benzene rings is 1. The van der Waals surface area contributed by atoms with Crippen molar-refractivity contribution in [2.45, 2.75) is 19.2 Å². The fourth-order valence-corrected chi connectivity index (χ4v) is 2.06. The molecule has 0 bridgehead atoms. The van der Waals surface area contributed by atoms with Crippen LogP contribution in [0.15, 0.2) is 41.0 Å². The van der Waals surface area contributed by atoms with Gasteiger partial charge < -0.3 is 14.8 Å². The molecular formula is C15H14F3NO3. The Morgan fingerprint density at radius 3 is 2.59 bits per heavy atom. The van der Waals surface area contributed by atoms with E-state index in [1.54, 1.807) is 6.92 Å². The van der Waals surface area contributed by atoms with Gasteiger partial charge in [-0.25, -0.2) is 0 Å². The van der Waals surface area contributed by atoms with Gasteiger partial charge in [0.25, 0.3) is 5.91 Å². The van der Waals surface area contributed by atoms with Crippen LogP contribution in [0.25, 0.3) is 0 Å². The van der Waals surface area contributed by atoms with Crippen LogP contribution in [0.4, 0.5) is 13.2 Å². The van der Waals surface area contributed by atoms with Gasteiger partial charge in [-0.05, 0) is 24.6 Å². The van der Waals surface area contributed by atoms with Crippen molar-refractivity contribution in [3.63, 3.8) is 0 Å². The summed E-state index contributed by atoms with van der Waals surface area (Å²) in [6, 6.07) is 6.16. The highest BCUT2D eigenvalue weighted by molar-refractivity contribution is 5.95. The number of alkyl halides is 3. The molecule has 2 N–H and O–H groups in total. The molecule has 0 aliphatic rings. The second-order valence-corrected chi connectivity index (χ2v) is 4.70. The van der Waals surface area contributed by atoms with Crippen LogP contribution in [-0.4, -0.2) is 17.6 Å². The van der Waals surface area contributed by atoms with Crippen molar-refractivity contribution in [1.82, 2.24) is 5.32 Å². The molecule has 7 heteroatoms. The van der Waals surface area contributed by atoms with Crippen molar-refractivity contribution in [2.75, 3.05) is 6.54 Å². The van der Waals surface area contributed by atoms with E-state index in [1.165, 1.54) is 30.5 Å². The fraction of sp³-hybridized carbons (Fsp3) is 0.267. The monoisotopic (exact) mass is 313 g/mol. The first-order valence-corrected chi connectivity index (χ1v) is 6.47. The number of nitrogens with one attached hydrogen (secondary N) is 1. The van der Waals surface area contributed by atoms with E-state index in [-0.39, 0.29) is 17.7 Å². The number of furan rings is 1. The Morgan fingerprint density at radius 2 is 2.00 bits per heavy atom. The topological polar surface area (TPSA) is 62.5 Å². The lowest BCUT2D eigenvalue weighted by Gasteiger charge is -2.17. The molecule has 0 spiro atoms. The van der Waals surface area contributed by atoms with Gasteiger partial charge in [0.2, 0.25) is 0 Å². The first-order valence-electron chi connectivity index (χ1n) is 6.47. The summed E-state index contributed by atoms with van der Waals surface area (Å²) in [6.07, 6.45) is -4.70. The Kier molecular flexibility index (Phi) is 4.56. The molecule has 2 aromatic rings. The maximum absolute atomic E-state index is 12.9. The highest BCUT2D eigenvalue weighted by Crippen LogP contribution is 2.34. The molecular weight excluding hydrogens is 299 g/mol. The van der Waals surface area contributed by atoms with Gasteiger partial charge in [-0.1, -0.05) is 18.2 Å². The van der Waals surface area contributed by atoms with Crippen LogP contribution in [0.2, 0.25) is 0 Å². The highest BCUT2D eigenvalue weighted by Gasteiger charge is 2.34. The fourth-order valence-electron chi connectivity index (χ4n) is 2.06. The van der Waals surface area contributed by atoms with E-state index in [9.17, 15) is 23.1 Å². The molecule has 1 atom stereocenters. The molecule has 1 amide bonds. The molecule has 0 radical (unpaired) electrons. The SMILES string of the molecule is Cc1occc1C(=O)NCC(O)c1ccccc1C(F)(F)F. The summed E-state index contributed by atoms with van der Waals surface area (Å²) in [5.41, 5.74) is -0.924. The van der Waals surface area contributed by atoms with Gasteiger partial charge >= 0.3 is 6.18 Å². The highest BCUT2D eigenvalue weighted by atomic mass is 19.4. The van der Waals surface area contributed by atoms with Crippen LogP contribution < -0.4 is 5.32 Å². The Labute approximate surface area is 124 Å². The van der Waals surface area contributed by atoms with E-state index in [4.69, 9.17) is 4.42 Å². The second-order valence-electron chi connectivity index (χ2n) is 4.70. The van der Waals surface area contributed by atoms with Crippen molar-refractivity contribution in [1.29, 1.82) is 0 Å². The van der Waals surface area contributed by atoms with Gasteiger partial charge in [0.1, 0.15) is 5.76 Å². The zero-order valence-electron chi connectivity index (χ0n) is 11.6. The number of aliphatic hydroxyl groups excluding tert-OH is 1. The molecule has 4 nitrogen and oxygen atoms in total. The molecule has 0 saturated heterocycles. The van der Waals surface area contributed by atoms with Gasteiger partial charge in [-0.3, -0.25) is 4.79 Å². The van der Waals surface area contributed by atoms with Crippen molar-refractivity contribution in [3.8, 4) is 0 Å². The molecule has 2 rings (SSSR count). The maximum atomic E-state index is 12.9. The predicted octanol–water partition coefficient (Wildman–Crippen LogP) is 3.07. The summed E-state index contributed by atoms with van der Waals surface area (Å²) in [6.45, 7) is 1.25. The Balaban J connectivity index is 2.09. The Morgan fingerprint density at radius 1 is 1.32 bits per heavy atom. The molecule has 0 fully saturated rings. The maximum Gasteiger partial charge on any atom is 0.416 e. The van der Waals surface area contributed by atoms with E-state index in [0.717, 1.165) is 6.07 Å². The normalized spacial score (nSPS) is 13.0. The first-order chi connectivity index (χ1) is 10.3. The average Bonchev–Trinajstić information content (AvgIpc) is 2.89. The smallest absolute Gasteiger partial charge is 0.416 e. The summed E-state index contributed by atoms with van der Waals surface area (Å²) in [4.78, 5) is 11.8. The van der Waals surface area contributed by atoms with E-state index < -0.39 is 23.8 Å². The van der Waals surface area contributed by atoms with Crippen molar-refractivity contribution in [3.05, 3.63) is 59.0 Å². The van der Waals surface area contributed by atoms with Crippen LogP contribution in [0, 0.1) is 6.92 Å². The number of carbonyl (C=O) groups is 1. The minimum Gasteiger partial charge on any atom is -0.469 e. The molecule has 0 aliphatic heterocycles. The number of amides is 1. The first kappa shape index (κ1) is 16.1. The second kappa shape index (κ2) is 6.23. The molecule has 22 heavy (non-hydrogen) atoms. The third kappa shape index (κ3) is 3.48. The van der Waals surface area contributed by atoms with Crippen molar-refractivity contribution < 1.29 is 27.5 Å². The summed E-state index contributed by atoms with van der Waals surface area (Å²) >= 11 is 0. The van der Waals surface area contributed by atoms with E-state index in [1.807, 2.05) is 0 Å². The summed E-state index contributed by atoms with van der Waals surface area (Å²) in [5.74, 6) is -0.127. The molecule has 1 aromatic carbocycles. The third-order valence-electron chi connectivity index (χ3n) is 3.18. The lowest BCUT2D eigenvalue weighted by molar-refractivity contribution is -0.139. The lowest BCUT2D eigenvalue weighted by atomic mass is 10.0. The molecule has 1 heterocycles. The van der Waals surface area contributed by atoms with Gasteiger partial charge in [0, 0.05) is 6.54 Å². The minimum absolute atomic E-state index is 0.274. The largest absolute Gasteiger partial charge is 0.469 e. The summed E-state index contributed by atoms with van der Waals surface area (Å²) < 4.78 is 43.6. The van der Waals surface area contributed by atoms with Crippen molar-refractivity contribution >= 4 is 5.91 Å².